The number of allylic oxidation sites excluding steroid dienone is 16. The average Bonchev–Trinajstić information content (AvgIpc) is 3.47. The minimum Gasteiger partial charge on any atom is -0.462 e. The molecule has 0 heterocycles. The second-order valence-electron chi connectivity index (χ2n) is 23.1. The van der Waals surface area contributed by atoms with E-state index in [4.69, 9.17) is 14.2 Å². The molecule has 0 saturated carbocycles. The largest absolute Gasteiger partial charge is 0.462 e. The van der Waals surface area contributed by atoms with E-state index < -0.39 is 6.10 Å². The number of esters is 3. The van der Waals surface area contributed by atoms with Crippen molar-refractivity contribution in [3.63, 3.8) is 0 Å². The maximum absolute atomic E-state index is 13.0. The predicted octanol–water partition coefficient (Wildman–Crippen LogP) is 24.0. The summed E-state index contributed by atoms with van der Waals surface area (Å²) in [5.74, 6) is -0.886. The Morgan fingerprint density at radius 1 is 0.259 bits per heavy atom. The molecule has 1 unspecified atom stereocenters. The molecule has 0 aromatic heterocycles. The zero-order chi connectivity index (χ0) is 58.5. The minimum atomic E-state index is -0.789. The summed E-state index contributed by atoms with van der Waals surface area (Å²) < 4.78 is 17.0. The van der Waals surface area contributed by atoms with Gasteiger partial charge in [0.25, 0.3) is 0 Å². The Hall–Kier alpha value is -3.67. The van der Waals surface area contributed by atoms with E-state index in [-0.39, 0.29) is 31.1 Å². The van der Waals surface area contributed by atoms with Crippen molar-refractivity contribution in [2.24, 2.45) is 0 Å². The van der Waals surface area contributed by atoms with Crippen molar-refractivity contribution in [3.8, 4) is 0 Å². The molecule has 0 aromatic carbocycles. The van der Waals surface area contributed by atoms with E-state index in [1.165, 1.54) is 193 Å². The van der Waals surface area contributed by atoms with E-state index in [0.717, 1.165) is 109 Å². The van der Waals surface area contributed by atoms with E-state index in [9.17, 15) is 14.4 Å². The summed E-state index contributed by atoms with van der Waals surface area (Å²) in [6, 6.07) is 0. The average molecular weight is 1130 g/mol. The first-order valence-electron chi connectivity index (χ1n) is 34.7. The van der Waals surface area contributed by atoms with E-state index in [1.54, 1.807) is 0 Å². The summed E-state index contributed by atoms with van der Waals surface area (Å²) in [5.41, 5.74) is 0. The molecular formula is C75H130O6. The van der Waals surface area contributed by atoms with Crippen LogP contribution in [0.25, 0.3) is 0 Å². The lowest BCUT2D eigenvalue weighted by atomic mass is 10.1. The van der Waals surface area contributed by atoms with E-state index in [0.29, 0.717) is 19.3 Å². The molecule has 0 aliphatic carbocycles. The van der Waals surface area contributed by atoms with Gasteiger partial charge in [0, 0.05) is 19.3 Å². The van der Waals surface area contributed by atoms with Gasteiger partial charge in [-0.2, -0.15) is 0 Å². The molecule has 6 nitrogen and oxygen atoms in total. The zero-order valence-corrected chi connectivity index (χ0v) is 53.5. The molecule has 0 rings (SSSR count). The van der Waals surface area contributed by atoms with Crippen molar-refractivity contribution in [1.82, 2.24) is 0 Å². The van der Waals surface area contributed by atoms with Crippen LogP contribution in [0.5, 0.6) is 0 Å². The van der Waals surface area contributed by atoms with Gasteiger partial charge in [0.1, 0.15) is 13.2 Å². The van der Waals surface area contributed by atoms with Gasteiger partial charge in [-0.3, -0.25) is 14.4 Å². The third-order valence-corrected chi connectivity index (χ3v) is 15.0. The minimum absolute atomic E-state index is 0.0832. The van der Waals surface area contributed by atoms with Crippen molar-refractivity contribution in [2.75, 3.05) is 13.2 Å². The summed E-state index contributed by atoms with van der Waals surface area (Å²) in [6.45, 7) is 6.54. The summed E-state index contributed by atoms with van der Waals surface area (Å²) >= 11 is 0. The number of carbonyl (C=O) groups is 3. The Morgan fingerprint density at radius 2 is 0.481 bits per heavy atom. The molecule has 0 bridgehead atoms. The topological polar surface area (TPSA) is 78.9 Å². The molecule has 0 aliphatic rings. The zero-order valence-electron chi connectivity index (χ0n) is 53.5. The molecule has 6 heteroatoms. The number of rotatable bonds is 63. The molecule has 466 valence electrons. The van der Waals surface area contributed by atoms with Crippen molar-refractivity contribution < 1.29 is 28.6 Å². The highest BCUT2D eigenvalue weighted by molar-refractivity contribution is 5.71. The Balaban J connectivity index is 4.41. The highest BCUT2D eigenvalue weighted by Gasteiger charge is 2.19. The Bertz CT molecular complexity index is 1580. The highest BCUT2D eigenvalue weighted by atomic mass is 16.6. The van der Waals surface area contributed by atoms with Gasteiger partial charge in [-0.25, -0.2) is 0 Å². The van der Waals surface area contributed by atoms with Gasteiger partial charge >= 0.3 is 17.9 Å². The van der Waals surface area contributed by atoms with Crippen molar-refractivity contribution in [2.45, 2.75) is 348 Å². The van der Waals surface area contributed by atoms with E-state index in [2.05, 4.69) is 118 Å². The predicted molar refractivity (Wildman–Crippen MR) is 353 cm³/mol. The molecule has 0 amide bonds. The SMILES string of the molecule is CC/C=C\C/C=C\C/C=C\C/C=C\CCCCCCCCCCC(=O)OC(COC(=O)CCCCCCCCCC/C=C\C/C=C\C/C=C\CCCCCCC)COC(=O)CCCCCCCCCCC/C=C\CCCCCCCC. The van der Waals surface area contributed by atoms with Crippen LogP contribution in [0, 0.1) is 0 Å². The third-order valence-electron chi connectivity index (χ3n) is 15.0. The molecular weight excluding hydrogens is 997 g/mol. The van der Waals surface area contributed by atoms with Crippen LogP contribution in [0.2, 0.25) is 0 Å². The monoisotopic (exact) mass is 1130 g/mol. The van der Waals surface area contributed by atoms with E-state index >= 15 is 0 Å². The summed E-state index contributed by atoms with van der Waals surface area (Å²) in [5, 5.41) is 0. The standard InChI is InChI=1S/C75H130O6/c1-4-7-10-13-16-19-22-25-28-31-34-36-37-39-41-44-47-50-53-56-59-62-65-68-74(77)80-71-72(70-79-73(76)67-64-61-58-55-52-49-46-43-40-33-30-27-24-21-18-15-12-9-6-3)81-75(78)69-66-63-60-57-54-51-48-45-42-38-35-32-29-26-23-20-17-14-11-8-5-2/h8,11,17,20,22,25-27,29-31,34-35,37-39,72H,4-7,9-10,12-16,18-19,21,23-24,28,32-33,36,40-71H2,1-3H3/b11-8-,20-17-,25-22-,29-26-,30-27-,34-31-,38-35-,39-37-. The normalized spacial score (nSPS) is 12.7. The lowest BCUT2D eigenvalue weighted by Gasteiger charge is -2.18. The molecule has 0 spiro atoms. The van der Waals surface area contributed by atoms with Crippen LogP contribution >= 0.6 is 0 Å². The molecule has 0 N–H and O–H groups in total. The fourth-order valence-corrected chi connectivity index (χ4v) is 9.85. The maximum atomic E-state index is 13.0. The van der Waals surface area contributed by atoms with Gasteiger partial charge in [0.2, 0.25) is 0 Å². The number of unbranched alkanes of at least 4 members (excludes halogenated alkanes) is 36. The highest BCUT2D eigenvalue weighted by Crippen LogP contribution is 2.16. The Labute approximate surface area is 502 Å². The second kappa shape index (κ2) is 68.8. The van der Waals surface area contributed by atoms with Crippen LogP contribution in [0.15, 0.2) is 97.2 Å². The lowest BCUT2D eigenvalue weighted by molar-refractivity contribution is -0.167. The Kier molecular flexibility index (Phi) is 65.7. The van der Waals surface area contributed by atoms with Crippen LogP contribution in [0.3, 0.4) is 0 Å². The van der Waals surface area contributed by atoms with Crippen LogP contribution in [0.4, 0.5) is 0 Å². The van der Waals surface area contributed by atoms with Crippen LogP contribution < -0.4 is 0 Å². The van der Waals surface area contributed by atoms with Crippen LogP contribution in [-0.2, 0) is 28.6 Å². The molecule has 1 atom stereocenters. The van der Waals surface area contributed by atoms with Crippen molar-refractivity contribution >= 4 is 17.9 Å². The second-order valence-corrected chi connectivity index (χ2v) is 23.1. The molecule has 0 aromatic rings. The van der Waals surface area contributed by atoms with Gasteiger partial charge in [-0.15, -0.1) is 0 Å². The number of hydrogen-bond donors (Lipinski definition) is 0. The van der Waals surface area contributed by atoms with Gasteiger partial charge < -0.3 is 14.2 Å². The molecule has 0 fully saturated rings. The molecule has 81 heavy (non-hydrogen) atoms. The van der Waals surface area contributed by atoms with Crippen molar-refractivity contribution in [1.29, 1.82) is 0 Å². The molecule has 0 aliphatic heterocycles. The van der Waals surface area contributed by atoms with Crippen LogP contribution in [0.1, 0.15) is 342 Å². The first kappa shape index (κ1) is 77.3. The lowest BCUT2D eigenvalue weighted by Crippen LogP contribution is -2.30. The summed E-state index contributed by atoms with van der Waals surface area (Å²) in [6.07, 6.45) is 92.7. The van der Waals surface area contributed by atoms with Crippen molar-refractivity contribution in [3.05, 3.63) is 97.2 Å². The number of ether oxygens (including phenoxy) is 3. The third kappa shape index (κ3) is 67.0. The van der Waals surface area contributed by atoms with Gasteiger partial charge in [-0.05, 0) is 122 Å². The first-order valence-corrected chi connectivity index (χ1v) is 34.7. The summed E-state index contributed by atoms with van der Waals surface area (Å²) in [7, 11) is 0. The quantitative estimate of drug-likeness (QED) is 0.0261. The van der Waals surface area contributed by atoms with Gasteiger partial charge in [0.05, 0.1) is 0 Å². The van der Waals surface area contributed by atoms with E-state index in [1.807, 2.05) is 0 Å². The van der Waals surface area contributed by atoms with Gasteiger partial charge in [0.15, 0.2) is 6.10 Å². The maximum Gasteiger partial charge on any atom is 0.306 e. The molecule has 0 saturated heterocycles. The number of hydrogen-bond acceptors (Lipinski definition) is 6. The summed E-state index contributed by atoms with van der Waals surface area (Å²) in [4.78, 5) is 38.5. The Morgan fingerprint density at radius 3 is 0.765 bits per heavy atom. The van der Waals surface area contributed by atoms with Crippen LogP contribution in [-0.4, -0.2) is 37.2 Å². The fourth-order valence-electron chi connectivity index (χ4n) is 9.85. The molecule has 0 radical (unpaired) electrons. The van der Waals surface area contributed by atoms with Gasteiger partial charge in [-0.1, -0.05) is 298 Å². The number of carbonyl (C=O) groups excluding carboxylic acids is 3. The fraction of sp³-hybridized carbons (Fsp3) is 0.747. The smallest absolute Gasteiger partial charge is 0.306 e. The first-order chi connectivity index (χ1) is 40.0.